The van der Waals surface area contributed by atoms with E-state index in [2.05, 4.69) is 83.1 Å². The zero-order valence-electron chi connectivity index (χ0n) is 24.0. The van der Waals surface area contributed by atoms with Crippen LogP contribution in [0.3, 0.4) is 0 Å². The second-order valence-electron chi connectivity index (χ2n) is 15.1. The highest BCUT2D eigenvalue weighted by Gasteiger charge is 2.60. The lowest BCUT2D eigenvalue weighted by Gasteiger charge is -2.50. The van der Waals surface area contributed by atoms with Crippen LogP contribution in [-0.2, 0) is 0 Å². The molecule has 2 aliphatic carbocycles. The largest absolute Gasteiger partial charge is 0.312 e. The van der Waals surface area contributed by atoms with Crippen LogP contribution in [0.1, 0.15) is 147 Å². The first-order chi connectivity index (χ1) is 14.2. The monoisotopic (exact) mass is 487 g/mol. The summed E-state index contributed by atoms with van der Waals surface area (Å²) in [4.78, 5) is 0. The van der Waals surface area contributed by atoms with E-state index in [1.807, 2.05) is 0 Å². The summed E-state index contributed by atoms with van der Waals surface area (Å²) in [6.07, 6.45) is 12.2. The zero-order chi connectivity index (χ0) is 25.2. The molecule has 32 heavy (non-hydrogen) atoms. The van der Waals surface area contributed by atoms with Crippen LogP contribution >= 0.6 is 0 Å². The molecule has 0 aromatic rings. The Morgan fingerprint density at radius 1 is 0.406 bits per heavy atom. The predicted molar refractivity (Wildman–Crippen MR) is 146 cm³/mol. The van der Waals surface area contributed by atoms with Gasteiger partial charge in [0.1, 0.15) is 0 Å². The van der Waals surface area contributed by atoms with Gasteiger partial charge < -0.3 is 8.22 Å². The van der Waals surface area contributed by atoms with E-state index in [1.165, 1.54) is 38.5 Å². The van der Waals surface area contributed by atoms with E-state index in [1.54, 1.807) is 0 Å². The second-order valence-corrected chi connectivity index (χ2v) is 25.6. The lowest BCUT2D eigenvalue weighted by Crippen LogP contribution is -2.52. The summed E-state index contributed by atoms with van der Waals surface area (Å²) in [7, 11) is -5.50. The number of halogens is 2. The van der Waals surface area contributed by atoms with Gasteiger partial charge in [-0.1, -0.05) is 147 Å². The highest BCUT2D eigenvalue weighted by molar-refractivity contribution is 6.80. The summed E-state index contributed by atoms with van der Waals surface area (Å²) in [5, 5.41) is -0.527. The van der Waals surface area contributed by atoms with Gasteiger partial charge in [-0.05, 0) is 31.2 Å². The van der Waals surface area contributed by atoms with Crippen molar-refractivity contribution in [2.45, 2.75) is 179 Å². The standard InChI is InChI=1S/2C14H29FSi/c2*1-13(2,3)16(15,14(4,5)6)12-10-8-7-9-11-12/h2*12H,7-11H2,1-6H3/i15+0;15-1. The molecule has 0 saturated heterocycles. The Balaban J connectivity index is 0.000000320. The number of rotatable bonds is 2. The van der Waals surface area contributed by atoms with Gasteiger partial charge in [-0.2, -0.15) is 0 Å². The zero-order valence-corrected chi connectivity index (χ0v) is 26.0. The van der Waals surface area contributed by atoms with Crippen molar-refractivity contribution in [1.82, 2.24) is 0 Å². The smallest absolute Gasteiger partial charge is 0.260 e. The molecule has 0 spiro atoms. The van der Waals surface area contributed by atoms with E-state index < -0.39 is 16.8 Å². The molecule has 0 nitrogen and oxygen atoms in total. The minimum Gasteiger partial charge on any atom is -0.312 e. The third-order valence-corrected chi connectivity index (χ3v) is 20.8. The Kier molecular flexibility index (Phi) is 9.95. The lowest BCUT2D eigenvalue weighted by molar-refractivity contribution is 0.410. The summed E-state index contributed by atoms with van der Waals surface area (Å²) in [5.41, 5.74) is 0.780. The van der Waals surface area contributed by atoms with Crippen LogP contribution in [0.2, 0.25) is 31.2 Å². The molecule has 192 valence electrons. The van der Waals surface area contributed by atoms with Gasteiger partial charge in [0.2, 0.25) is 0 Å². The molecular formula is C28H58F2Si2. The molecule has 0 bridgehead atoms. The lowest BCUT2D eigenvalue weighted by atomic mass is 10.00. The van der Waals surface area contributed by atoms with E-state index in [-0.39, 0.29) is 20.2 Å². The molecule has 0 aliphatic heterocycles. The minimum absolute atomic E-state index is 0.132. The normalized spacial score (nSPS) is 21.2. The first-order valence-corrected chi connectivity index (χ1v) is 17.5. The van der Waals surface area contributed by atoms with Crippen LogP contribution < -0.4 is 0 Å². The van der Waals surface area contributed by atoms with Crippen LogP contribution in [0, 0.1) is 0 Å². The molecule has 0 unspecified atom stereocenters. The summed E-state index contributed by atoms with van der Waals surface area (Å²) < 4.78 is 31.7. The fourth-order valence-electron chi connectivity index (χ4n) is 7.70. The quantitative estimate of drug-likeness (QED) is 0.268. The van der Waals surface area contributed by atoms with Crippen molar-refractivity contribution in [3.63, 3.8) is 0 Å². The molecule has 0 aromatic carbocycles. The fraction of sp³-hybridized carbons (Fsp3) is 1.00. The van der Waals surface area contributed by atoms with Crippen molar-refractivity contribution in [2.75, 3.05) is 0 Å². The van der Waals surface area contributed by atoms with Crippen LogP contribution in [0.5, 0.6) is 0 Å². The predicted octanol–water partition coefficient (Wildman–Crippen LogP) is 11.7. The first-order valence-electron chi connectivity index (χ1n) is 13.6. The molecule has 2 aliphatic rings. The molecule has 0 amide bonds. The second kappa shape index (κ2) is 10.5. The summed E-state index contributed by atoms with van der Waals surface area (Å²) in [6, 6.07) is 0. The molecule has 4 heteroatoms. The van der Waals surface area contributed by atoms with E-state index in [9.17, 15) is 0 Å². The molecule has 0 N–H and O–H groups in total. The van der Waals surface area contributed by atoms with Gasteiger partial charge >= 0.3 is 0 Å². The molecule has 0 heterocycles. The Hall–Kier alpha value is 0.294. The van der Waals surface area contributed by atoms with Crippen molar-refractivity contribution in [3.8, 4) is 0 Å². The van der Waals surface area contributed by atoms with E-state index in [4.69, 9.17) is 0 Å². The van der Waals surface area contributed by atoms with E-state index in [0.717, 1.165) is 25.7 Å². The van der Waals surface area contributed by atoms with Crippen molar-refractivity contribution in [2.24, 2.45) is 0 Å². The third kappa shape index (κ3) is 6.29. The highest BCUT2D eigenvalue weighted by atomic mass is 28.4. The van der Waals surface area contributed by atoms with Crippen LogP contribution in [0.4, 0.5) is 8.22 Å². The van der Waals surface area contributed by atoms with Gasteiger partial charge in [0, 0.05) is 0 Å². The van der Waals surface area contributed by atoms with Gasteiger partial charge in [-0.15, -0.1) is 0 Å². The average molecular weight is 488 g/mol. The highest BCUT2D eigenvalue weighted by Crippen LogP contribution is 2.61. The van der Waals surface area contributed by atoms with Gasteiger partial charge in [0.15, 0.2) is 0 Å². The maximum atomic E-state index is 15.8. The Morgan fingerprint density at radius 3 is 0.750 bits per heavy atom. The van der Waals surface area contributed by atoms with Gasteiger partial charge in [-0.3, -0.25) is 0 Å². The van der Waals surface area contributed by atoms with E-state index >= 15 is 8.22 Å². The summed E-state index contributed by atoms with van der Waals surface area (Å²) in [6.45, 7) is 25.5. The van der Waals surface area contributed by atoms with Crippen molar-refractivity contribution < 1.29 is 8.22 Å². The number of hydrogen-bond donors (Lipinski definition) is 0. The Morgan fingerprint density at radius 2 is 0.594 bits per heavy atom. The van der Waals surface area contributed by atoms with Gasteiger partial charge in [-0.25, -0.2) is 0 Å². The Bertz CT molecular complexity index is 480. The Labute approximate surface area is 203 Å². The van der Waals surface area contributed by atoms with Crippen molar-refractivity contribution >= 4 is 16.8 Å². The topological polar surface area (TPSA) is 0 Å². The molecule has 0 aromatic heterocycles. The van der Waals surface area contributed by atoms with Crippen LogP contribution in [0.25, 0.3) is 0 Å². The average Bonchev–Trinajstić information content (AvgIpc) is 2.65. The summed E-state index contributed by atoms with van der Waals surface area (Å²) >= 11 is 0. The molecular weight excluding hydrogens is 429 g/mol. The third-order valence-electron chi connectivity index (χ3n) is 8.70. The summed E-state index contributed by atoms with van der Waals surface area (Å²) in [5.74, 6) is 0. The maximum absolute atomic E-state index is 15.8. The first kappa shape index (κ1) is 30.3. The number of hydrogen-bond acceptors (Lipinski definition) is 0. The minimum atomic E-state index is -2.75. The molecule has 0 radical (unpaired) electrons. The fourth-order valence-corrected chi connectivity index (χ4v) is 19.5. The van der Waals surface area contributed by atoms with Crippen molar-refractivity contribution in [1.29, 1.82) is 0 Å². The van der Waals surface area contributed by atoms with Crippen molar-refractivity contribution in [3.05, 3.63) is 0 Å². The molecule has 0 atom stereocenters. The van der Waals surface area contributed by atoms with Gasteiger partial charge in [0.05, 0.1) is 0 Å². The van der Waals surface area contributed by atoms with Crippen LogP contribution in [0.15, 0.2) is 0 Å². The molecule has 2 fully saturated rings. The van der Waals surface area contributed by atoms with Crippen LogP contribution in [-0.4, -0.2) is 16.8 Å². The molecule has 2 saturated carbocycles. The van der Waals surface area contributed by atoms with E-state index in [0.29, 0.717) is 11.1 Å². The molecule has 2 rings (SSSR count). The maximum Gasteiger partial charge on any atom is 0.260 e. The SMILES string of the molecule is CC(C)(C)[Si]([18F])(C1CCCCC1)C(C)(C)C.CC(C)(C)[Si]([19F])(C1CCCCC1)C(C)(C)C. The van der Waals surface area contributed by atoms with Gasteiger partial charge in [0.25, 0.3) is 16.8 Å².